The van der Waals surface area contributed by atoms with Crippen molar-refractivity contribution >= 4 is 40.4 Å². The van der Waals surface area contributed by atoms with E-state index in [9.17, 15) is 9.59 Å². The van der Waals surface area contributed by atoms with Crippen molar-refractivity contribution in [3.8, 4) is 5.75 Å². The van der Waals surface area contributed by atoms with E-state index in [4.69, 9.17) is 16.3 Å². The SMILES string of the molecule is Cc1ccc(NC2=C(c3ccccc3)C(=O)N(c3ccc(OC(C)C)cc3)C2=O)cc1Cl. The lowest BCUT2D eigenvalue weighted by Crippen LogP contribution is -2.32. The number of carbonyl (C=O) groups is 2. The Balaban J connectivity index is 1.74. The van der Waals surface area contributed by atoms with Gasteiger partial charge in [0.25, 0.3) is 11.8 Å². The Morgan fingerprint density at radius 2 is 1.59 bits per heavy atom. The van der Waals surface area contributed by atoms with Gasteiger partial charge in [-0.05, 0) is 68.3 Å². The van der Waals surface area contributed by atoms with Gasteiger partial charge in [0.1, 0.15) is 11.4 Å². The van der Waals surface area contributed by atoms with Crippen molar-refractivity contribution in [3.05, 3.63) is 94.6 Å². The largest absolute Gasteiger partial charge is 0.491 e. The molecule has 3 aromatic carbocycles. The van der Waals surface area contributed by atoms with E-state index in [-0.39, 0.29) is 17.7 Å². The first-order chi connectivity index (χ1) is 15.3. The first-order valence-electron chi connectivity index (χ1n) is 10.3. The standard InChI is InChI=1S/C26H23ClN2O3/c1-16(2)32-21-13-11-20(12-14-21)29-25(30)23(18-7-5-4-6-8-18)24(26(29)31)28-19-10-9-17(3)22(27)15-19/h4-16,28H,1-3H3. The third-order valence-electron chi connectivity index (χ3n) is 5.05. The molecular formula is C26H23ClN2O3. The Morgan fingerprint density at radius 1 is 0.906 bits per heavy atom. The van der Waals surface area contributed by atoms with E-state index in [0.717, 1.165) is 5.56 Å². The number of anilines is 2. The fourth-order valence-electron chi connectivity index (χ4n) is 3.51. The van der Waals surface area contributed by atoms with Crippen LogP contribution in [0.2, 0.25) is 5.02 Å². The van der Waals surface area contributed by atoms with Crippen LogP contribution in [0.3, 0.4) is 0 Å². The molecule has 1 heterocycles. The van der Waals surface area contributed by atoms with Gasteiger partial charge in [0.05, 0.1) is 17.4 Å². The van der Waals surface area contributed by atoms with Gasteiger partial charge in [-0.15, -0.1) is 0 Å². The highest BCUT2D eigenvalue weighted by Crippen LogP contribution is 2.35. The molecule has 6 heteroatoms. The molecule has 0 saturated carbocycles. The van der Waals surface area contributed by atoms with E-state index < -0.39 is 5.91 Å². The smallest absolute Gasteiger partial charge is 0.282 e. The van der Waals surface area contributed by atoms with Gasteiger partial charge in [0.15, 0.2) is 0 Å². The van der Waals surface area contributed by atoms with Crippen LogP contribution in [0.25, 0.3) is 5.57 Å². The Labute approximate surface area is 192 Å². The molecule has 2 amide bonds. The highest BCUT2D eigenvalue weighted by atomic mass is 35.5. The Hall–Kier alpha value is -3.57. The molecule has 3 aromatic rings. The average molecular weight is 447 g/mol. The van der Waals surface area contributed by atoms with Gasteiger partial charge in [0.2, 0.25) is 0 Å². The maximum Gasteiger partial charge on any atom is 0.282 e. The second-order valence-corrected chi connectivity index (χ2v) is 8.22. The molecule has 0 unspecified atom stereocenters. The Bertz CT molecular complexity index is 1200. The van der Waals surface area contributed by atoms with Crippen LogP contribution in [0.4, 0.5) is 11.4 Å². The normalized spacial score (nSPS) is 13.8. The molecule has 0 fully saturated rings. The summed E-state index contributed by atoms with van der Waals surface area (Å²) in [5.41, 5.74) is 3.22. The summed E-state index contributed by atoms with van der Waals surface area (Å²) in [6.07, 6.45) is 0.0272. The number of aryl methyl sites for hydroxylation is 1. The predicted molar refractivity (Wildman–Crippen MR) is 128 cm³/mol. The minimum Gasteiger partial charge on any atom is -0.491 e. The van der Waals surface area contributed by atoms with Crippen LogP contribution in [0.5, 0.6) is 5.75 Å². The molecule has 0 atom stereocenters. The van der Waals surface area contributed by atoms with Gasteiger partial charge < -0.3 is 10.1 Å². The van der Waals surface area contributed by atoms with Gasteiger partial charge in [-0.25, -0.2) is 4.90 Å². The number of imide groups is 1. The number of nitrogens with one attached hydrogen (secondary N) is 1. The van der Waals surface area contributed by atoms with E-state index in [1.807, 2.05) is 63.2 Å². The van der Waals surface area contributed by atoms with Gasteiger partial charge in [-0.1, -0.05) is 48.0 Å². The third kappa shape index (κ3) is 4.25. The lowest BCUT2D eigenvalue weighted by molar-refractivity contribution is -0.120. The van der Waals surface area contributed by atoms with Crippen molar-refractivity contribution < 1.29 is 14.3 Å². The number of amides is 2. The summed E-state index contributed by atoms with van der Waals surface area (Å²) in [5.74, 6) is -0.144. The molecule has 5 nitrogen and oxygen atoms in total. The highest BCUT2D eigenvalue weighted by molar-refractivity contribution is 6.46. The molecule has 1 N–H and O–H groups in total. The summed E-state index contributed by atoms with van der Waals surface area (Å²) in [6.45, 7) is 5.78. The van der Waals surface area contributed by atoms with Gasteiger partial charge in [-0.2, -0.15) is 0 Å². The fraction of sp³-hybridized carbons (Fsp3) is 0.154. The van der Waals surface area contributed by atoms with E-state index in [0.29, 0.717) is 33.3 Å². The molecule has 0 aromatic heterocycles. The number of nitrogens with zero attached hydrogens (tertiary/aromatic N) is 1. The summed E-state index contributed by atoms with van der Waals surface area (Å²) in [7, 11) is 0. The minimum atomic E-state index is -0.428. The van der Waals surface area contributed by atoms with Crippen LogP contribution in [-0.2, 0) is 9.59 Å². The molecule has 0 saturated heterocycles. The van der Waals surface area contributed by atoms with Crippen LogP contribution >= 0.6 is 11.6 Å². The second-order valence-electron chi connectivity index (χ2n) is 7.81. The van der Waals surface area contributed by atoms with Gasteiger partial charge >= 0.3 is 0 Å². The molecule has 1 aliphatic rings. The summed E-state index contributed by atoms with van der Waals surface area (Å²) in [4.78, 5) is 28.1. The van der Waals surface area contributed by atoms with Crippen molar-refractivity contribution in [1.29, 1.82) is 0 Å². The maximum absolute atomic E-state index is 13.5. The summed E-state index contributed by atoms with van der Waals surface area (Å²) in [6, 6.07) is 21.5. The molecule has 1 aliphatic heterocycles. The first-order valence-corrected chi connectivity index (χ1v) is 10.7. The average Bonchev–Trinajstić information content (AvgIpc) is 3.01. The van der Waals surface area contributed by atoms with Gasteiger partial charge in [-0.3, -0.25) is 9.59 Å². The van der Waals surface area contributed by atoms with Crippen LogP contribution in [0, 0.1) is 6.92 Å². The van der Waals surface area contributed by atoms with Crippen LogP contribution in [-0.4, -0.2) is 17.9 Å². The molecular weight excluding hydrogens is 424 g/mol. The Kier molecular flexibility index (Phi) is 6.01. The lowest BCUT2D eigenvalue weighted by Gasteiger charge is -2.17. The van der Waals surface area contributed by atoms with E-state index in [1.165, 1.54) is 4.90 Å². The zero-order valence-electron chi connectivity index (χ0n) is 18.1. The number of ether oxygens (including phenoxy) is 1. The third-order valence-corrected chi connectivity index (χ3v) is 5.46. The summed E-state index contributed by atoms with van der Waals surface area (Å²) >= 11 is 6.26. The van der Waals surface area contributed by atoms with E-state index >= 15 is 0 Å². The second kappa shape index (κ2) is 8.89. The zero-order valence-corrected chi connectivity index (χ0v) is 18.8. The van der Waals surface area contributed by atoms with E-state index in [2.05, 4.69) is 5.32 Å². The van der Waals surface area contributed by atoms with Crippen LogP contribution in [0.15, 0.2) is 78.5 Å². The number of benzene rings is 3. The molecule has 0 bridgehead atoms. The lowest BCUT2D eigenvalue weighted by atomic mass is 10.0. The van der Waals surface area contributed by atoms with Gasteiger partial charge in [0, 0.05) is 10.7 Å². The van der Waals surface area contributed by atoms with Crippen LogP contribution in [0.1, 0.15) is 25.0 Å². The maximum atomic E-state index is 13.5. The summed E-state index contributed by atoms with van der Waals surface area (Å²) < 4.78 is 5.67. The quantitative estimate of drug-likeness (QED) is 0.484. The molecule has 32 heavy (non-hydrogen) atoms. The van der Waals surface area contributed by atoms with Crippen molar-refractivity contribution in [1.82, 2.24) is 0 Å². The fourth-order valence-corrected chi connectivity index (χ4v) is 3.69. The predicted octanol–water partition coefficient (Wildman–Crippen LogP) is 5.83. The minimum absolute atomic E-state index is 0.0272. The number of hydrogen-bond acceptors (Lipinski definition) is 4. The first kappa shape index (κ1) is 21.7. The molecule has 0 aliphatic carbocycles. The Morgan fingerprint density at radius 3 is 2.22 bits per heavy atom. The monoisotopic (exact) mass is 446 g/mol. The molecule has 0 radical (unpaired) electrons. The number of carbonyl (C=O) groups excluding carboxylic acids is 2. The molecule has 4 rings (SSSR count). The van der Waals surface area contributed by atoms with Crippen molar-refractivity contribution in [2.24, 2.45) is 0 Å². The highest BCUT2D eigenvalue weighted by Gasteiger charge is 2.40. The zero-order chi connectivity index (χ0) is 22.8. The van der Waals surface area contributed by atoms with Crippen molar-refractivity contribution in [2.75, 3.05) is 10.2 Å². The topological polar surface area (TPSA) is 58.6 Å². The summed E-state index contributed by atoms with van der Waals surface area (Å²) in [5, 5.41) is 3.71. The van der Waals surface area contributed by atoms with Crippen molar-refractivity contribution in [3.63, 3.8) is 0 Å². The number of hydrogen-bond donors (Lipinski definition) is 1. The van der Waals surface area contributed by atoms with Crippen LogP contribution < -0.4 is 15.0 Å². The number of halogens is 1. The molecule has 162 valence electrons. The molecule has 0 spiro atoms. The van der Waals surface area contributed by atoms with E-state index in [1.54, 1.807) is 30.3 Å². The number of rotatable bonds is 6. The van der Waals surface area contributed by atoms with Crippen molar-refractivity contribution in [2.45, 2.75) is 26.9 Å².